The van der Waals surface area contributed by atoms with E-state index in [1.807, 2.05) is 25.1 Å². The van der Waals surface area contributed by atoms with Gasteiger partial charge < -0.3 is 10.2 Å². The molecule has 0 saturated carbocycles. The summed E-state index contributed by atoms with van der Waals surface area (Å²) < 4.78 is 0. The number of hydrogen-bond donors (Lipinski definition) is 2. The zero-order chi connectivity index (χ0) is 13.9. The molecule has 0 spiro atoms. The van der Waals surface area contributed by atoms with E-state index in [9.17, 15) is 9.90 Å². The lowest BCUT2D eigenvalue weighted by molar-refractivity contribution is -0.139. The third-order valence-corrected chi connectivity index (χ3v) is 3.23. The summed E-state index contributed by atoms with van der Waals surface area (Å²) in [4.78, 5) is 11.2. The Morgan fingerprint density at radius 3 is 2.33 bits per heavy atom. The Hall–Kier alpha value is -1.35. The van der Waals surface area contributed by atoms with Crippen molar-refractivity contribution in [3.05, 3.63) is 34.9 Å². The minimum atomic E-state index is -0.879. The predicted molar refractivity (Wildman–Crippen MR) is 72.0 cm³/mol. The number of hydrogen-bond acceptors (Lipinski definition) is 2. The summed E-state index contributed by atoms with van der Waals surface area (Å²) in [5.74, 6) is -1.50. The second-order valence-corrected chi connectivity index (χ2v) is 5.72. The number of aliphatic hydroxyl groups is 1. The summed E-state index contributed by atoms with van der Waals surface area (Å²) in [5.41, 5.74) is 3.02. The number of rotatable bonds is 4. The highest BCUT2D eigenvalue weighted by molar-refractivity contribution is 5.76. The molecule has 1 unspecified atom stereocenters. The van der Waals surface area contributed by atoms with Crippen LogP contribution in [0.5, 0.6) is 0 Å². The van der Waals surface area contributed by atoms with E-state index in [1.54, 1.807) is 0 Å². The quantitative estimate of drug-likeness (QED) is 0.864. The summed E-state index contributed by atoms with van der Waals surface area (Å²) in [6, 6.07) is 5.91. The van der Waals surface area contributed by atoms with E-state index < -0.39 is 11.9 Å². The van der Waals surface area contributed by atoms with E-state index in [2.05, 4.69) is 20.8 Å². The van der Waals surface area contributed by atoms with Gasteiger partial charge in [-0.2, -0.15) is 0 Å². The van der Waals surface area contributed by atoms with Gasteiger partial charge in [0.05, 0.1) is 5.92 Å². The van der Waals surface area contributed by atoms with Gasteiger partial charge in [0.15, 0.2) is 0 Å². The summed E-state index contributed by atoms with van der Waals surface area (Å²) >= 11 is 0. The van der Waals surface area contributed by atoms with E-state index in [1.165, 1.54) is 5.56 Å². The molecule has 0 bridgehead atoms. The van der Waals surface area contributed by atoms with Crippen LogP contribution >= 0.6 is 0 Å². The highest BCUT2D eigenvalue weighted by Gasteiger charge is 2.22. The molecule has 1 rings (SSSR count). The van der Waals surface area contributed by atoms with Crippen molar-refractivity contribution in [2.24, 2.45) is 0 Å². The third kappa shape index (κ3) is 3.33. The van der Waals surface area contributed by atoms with E-state index in [0.29, 0.717) is 0 Å². The van der Waals surface area contributed by atoms with Gasteiger partial charge in [0.25, 0.3) is 0 Å². The first-order chi connectivity index (χ1) is 8.27. The maximum absolute atomic E-state index is 11.2. The molecule has 0 aliphatic heterocycles. The van der Waals surface area contributed by atoms with Crippen molar-refractivity contribution >= 4 is 5.97 Å². The number of carboxylic acids is 1. The maximum atomic E-state index is 11.2. The monoisotopic (exact) mass is 250 g/mol. The number of aliphatic carboxylic acids is 1. The topological polar surface area (TPSA) is 57.5 Å². The van der Waals surface area contributed by atoms with Crippen LogP contribution in [0.25, 0.3) is 0 Å². The molecule has 0 saturated heterocycles. The van der Waals surface area contributed by atoms with Crippen LogP contribution in [-0.4, -0.2) is 22.8 Å². The predicted octanol–water partition coefficient (Wildman–Crippen LogP) is 2.84. The Bertz CT molecular complexity index is 430. The summed E-state index contributed by atoms with van der Waals surface area (Å²) in [5, 5.41) is 18.2. The van der Waals surface area contributed by atoms with E-state index in [4.69, 9.17) is 5.11 Å². The molecule has 0 heterocycles. The van der Waals surface area contributed by atoms with Crippen molar-refractivity contribution < 1.29 is 15.0 Å². The average molecular weight is 250 g/mol. The van der Waals surface area contributed by atoms with Crippen molar-refractivity contribution in [1.29, 1.82) is 0 Å². The van der Waals surface area contributed by atoms with Gasteiger partial charge in [-0.05, 0) is 35.4 Å². The van der Waals surface area contributed by atoms with Gasteiger partial charge in [0.1, 0.15) is 0 Å². The molecule has 3 heteroatoms. The van der Waals surface area contributed by atoms with Crippen LogP contribution < -0.4 is 0 Å². The van der Waals surface area contributed by atoms with Gasteiger partial charge in [-0.15, -0.1) is 0 Å². The normalized spacial score (nSPS) is 13.4. The number of carboxylic acid groups (broad SMARTS) is 1. The van der Waals surface area contributed by atoms with Crippen LogP contribution in [-0.2, 0) is 10.2 Å². The minimum Gasteiger partial charge on any atom is -0.481 e. The number of aryl methyl sites for hydroxylation is 1. The largest absolute Gasteiger partial charge is 0.481 e. The van der Waals surface area contributed by atoms with Crippen LogP contribution in [0.1, 0.15) is 49.8 Å². The summed E-state index contributed by atoms with van der Waals surface area (Å²) in [6.45, 7) is 8.20. The van der Waals surface area contributed by atoms with Crippen molar-refractivity contribution in [1.82, 2.24) is 0 Å². The molecule has 0 fully saturated rings. The molecule has 0 radical (unpaired) electrons. The fourth-order valence-electron chi connectivity index (χ4n) is 2.07. The van der Waals surface area contributed by atoms with Crippen molar-refractivity contribution in [2.75, 3.05) is 6.61 Å². The van der Waals surface area contributed by atoms with Crippen LogP contribution in [0, 0.1) is 6.92 Å². The Morgan fingerprint density at radius 1 is 1.33 bits per heavy atom. The summed E-state index contributed by atoms with van der Waals surface area (Å²) in [6.07, 6.45) is 0.255. The Morgan fingerprint density at radius 2 is 1.94 bits per heavy atom. The van der Waals surface area contributed by atoms with E-state index in [0.717, 1.165) is 11.1 Å². The lowest BCUT2D eigenvalue weighted by atomic mass is 9.83. The minimum absolute atomic E-state index is 0.0546. The molecule has 2 N–H and O–H groups in total. The smallest absolute Gasteiger partial charge is 0.311 e. The first-order valence-corrected chi connectivity index (χ1v) is 6.22. The Labute approximate surface area is 108 Å². The van der Waals surface area contributed by atoms with Gasteiger partial charge >= 0.3 is 5.97 Å². The molecule has 0 aliphatic rings. The van der Waals surface area contributed by atoms with Crippen molar-refractivity contribution in [3.63, 3.8) is 0 Å². The molecular formula is C15H22O3. The van der Waals surface area contributed by atoms with Crippen molar-refractivity contribution in [3.8, 4) is 0 Å². The van der Waals surface area contributed by atoms with Crippen LogP contribution in [0.2, 0.25) is 0 Å². The molecule has 0 amide bonds. The average Bonchev–Trinajstić information content (AvgIpc) is 2.24. The van der Waals surface area contributed by atoms with E-state index >= 15 is 0 Å². The lowest BCUT2D eigenvalue weighted by Crippen LogP contribution is -2.16. The molecule has 3 nitrogen and oxygen atoms in total. The second-order valence-electron chi connectivity index (χ2n) is 5.72. The fraction of sp³-hybridized carbons (Fsp3) is 0.533. The van der Waals surface area contributed by atoms with Crippen LogP contribution in [0.15, 0.2) is 18.2 Å². The first kappa shape index (κ1) is 14.7. The lowest BCUT2D eigenvalue weighted by Gasteiger charge is -2.22. The highest BCUT2D eigenvalue weighted by atomic mass is 16.4. The molecule has 1 aromatic carbocycles. The van der Waals surface area contributed by atoms with Crippen LogP contribution in [0.4, 0.5) is 0 Å². The molecule has 18 heavy (non-hydrogen) atoms. The standard InChI is InChI=1S/C15H22O3/c1-10-9-11(15(2,3)4)5-6-12(10)13(7-8-16)14(17)18/h5-6,9,13,16H,7-8H2,1-4H3,(H,17,18). The third-order valence-electron chi connectivity index (χ3n) is 3.23. The van der Waals surface area contributed by atoms with Crippen LogP contribution in [0.3, 0.4) is 0 Å². The van der Waals surface area contributed by atoms with Gasteiger partial charge in [-0.3, -0.25) is 4.79 Å². The van der Waals surface area contributed by atoms with Gasteiger partial charge in [0.2, 0.25) is 0 Å². The number of carbonyl (C=O) groups is 1. The number of aliphatic hydroxyl groups excluding tert-OH is 1. The Balaban J connectivity index is 3.15. The molecule has 0 aliphatic carbocycles. The summed E-state index contributed by atoms with van der Waals surface area (Å²) in [7, 11) is 0. The zero-order valence-corrected chi connectivity index (χ0v) is 11.5. The zero-order valence-electron chi connectivity index (χ0n) is 11.5. The second kappa shape index (κ2) is 5.53. The van der Waals surface area contributed by atoms with Crippen molar-refractivity contribution in [2.45, 2.75) is 45.4 Å². The molecule has 100 valence electrons. The van der Waals surface area contributed by atoms with E-state index in [-0.39, 0.29) is 18.4 Å². The van der Waals surface area contributed by atoms with Gasteiger partial charge in [-0.1, -0.05) is 39.0 Å². The molecule has 1 atom stereocenters. The van der Waals surface area contributed by atoms with Gasteiger partial charge in [0, 0.05) is 6.61 Å². The van der Waals surface area contributed by atoms with Gasteiger partial charge in [-0.25, -0.2) is 0 Å². The molecular weight excluding hydrogens is 228 g/mol. The number of benzene rings is 1. The fourth-order valence-corrected chi connectivity index (χ4v) is 2.07. The SMILES string of the molecule is Cc1cc(C(C)(C)C)ccc1C(CCO)C(=O)O. The Kier molecular flexibility index (Phi) is 4.52. The molecule has 0 aromatic heterocycles. The first-order valence-electron chi connectivity index (χ1n) is 6.22. The maximum Gasteiger partial charge on any atom is 0.311 e. The molecule has 1 aromatic rings. The highest BCUT2D eigenvalue weighted by Crippen LogP contribution is 2.29.